The number of urea groups is 1. The summed E-state index contributed by atoms with van der Waals surface area (Å²) < 4.78 is 2.79. The number of imide groups is 1. The third-order valence-electron chi connectivity index (χ3n) is 4.45. The maximum atomic E-state index is 12.3. The van der Waals surface area contributed by atoms with Gasteiger partial charge in [-0.2, -0.15) is 0 Å². The van der Waals surface area contributed by atoms with Crippen molar-refractivity contribution in [3.63, 3.8) is 0 Å². The van der Waals surface area contributed by atoms with Crippen LogP contribution in [0.3, 0.4) is 0 Å². The van der Waals surface area contributed by atoms with Crippen molar-refractivity contribution < 1.29 is 14.7 Å². The first-order chi connectivity index (χ1) is 12.9. The molecule has 0 unspecified atom stereocenters. The van der Waals surface area contributed by atoms with Crippen molar-refractivity contribution in [2.24, 2.45) is 0 Å². The van der Waals surface area contributed by atoms with Gasteiger partial charge < -0.3 is 5.11 Å². The number of imidazole rings is 1. The molecule has 2 heterocycles. The molecular weight excluding hydrogens is 348 g/mol. The molecule has 8 nitrogen and oxygen atoms in total. The van der Waals surface area contributed by atoms with Crippen molar-refractivity contribution in [3.8, 4) is 5.88 Å². The summed E-state index contributed by atoms with van der Waals surface area (Å²) in [4.78, 5) is 39.2. The van der Waals surface area contributed by atoms with E-state index in [9.17, 15) is 19.5 Å². The van der Waals surface area contributed by atoms with Crippen molar-refractivity contribution >= 4 is 18.0 Å². The first-order valence-corrected chi connectivity index (χ1v) is 9.13. The largest absolute Gasteiger partial charge is 0.493 e. The summed E-state index contributed by atoms with van der Waals surface area (Å²) in [5, 5.41) is 10.2. The molecule has 146 valence electrons. The molecule has 0 bridgehead atoms. The van der Waals surface area contributed by atoms with Gasteiger partial charge in [-0.15, -0.1) is 0 Å². The van der Waals surface area contributed by atoms with Gasteiger partial charge in [0.15, 0.2) is 0 Å². The van der Waals surface area contributed by atoms with Crippen molar-refractivity contribution in [2.45, 2.75) is 40.8 Å². The molecule has 0 aromatic carbocycles. The summed E-state index contributed by atoms with van der Waals surface area (Å²) in [6.45, 7) is 8.77. The molecular formula is C19H26N4O4. The van der Waals surface area contributed by atoms with E-state index in [1.807, 2.05) is 13.8 Å². The van der Waals surface area contributed by atoms with Gasteiger partial charge in [-0.1, -0.05) is 18.2 Å². The zero-order chi connectivity index (χ0) is 20.1. The standard InChI is InChI=1S/C19H26N4O4/c1-5-20-14(16(24)22(7-3)18(20)26)12-10-9-11-13-15-17(25)23(8-4)19(27)21(15)6-2/h9-13,24H,5-8H2,1-4H3/b11-9?,12-10?,15-13+. The number of hydrogen-bond donors (Lipinski definition) is 1. The van der Waals surface area contributed by atoms with E-state index in [0.29, 0.717) is 37.6 Å². The molecule has 1 fully saturated rings. The number of amides is 3. The van der Waals surface area contributed by atoms with Gasteiger partial charge in [-0.25, -0.2) is 9.59 Å². The Morgan fingerprint density at radius 1 is 0.815 bits per heavy atom. The van der Waals surface area contributed by atoms with Crippen LogP contribution in [0.1, 0.15) is 33.4 Å². The second kappa shape index (κ2) is 8.57. The van der Waals surface area contributed by atoms with E-state index in [1.165, 1.54) is 18.9 Å². The van der Waals surface area contributed by atoms with Crippen LogP contribution in [0.25, 0.3) is 6.08 Å². The molecule has 0 aliphatic carbocycles. The Labute approximate surface area is 158 Å². The van der Waals surface area contributed by atoms with Crippen LogP contribution in [0.5, 0.6) is 5.88 Å². The molecule has 0 radical (unpaired) electrons. The number of likely N-dealkylation sites (N-methyl/N-ethyl adjacent to an activating group) is 2. The van der Waals surface area contributed by atoms with Gasteiger partial charge in [0.2, 0.25) is 5.88 Å². The third kappa shape index (κ3) is 3.60. The van der Waals surface area contributed by atoms with Crippen LogP contribution in [0.2, 0.25) is 0 Å². The fourth-order valence-corrected chi connectivity index (χ4v) is 3.05. The summed E-state index contributed by atoms with van der Waals surface area (Å²) in [6, 6.07) is -0.307. The highest BCUT2D eigenvalue weighted by Crippen LogP contribution is 2.21. The molecule has 2 rings (SSSR count). The number of rotatable bonds is 7. The van der Waals surface area contributed by atoms with Crippen molar-refractivity contribution in [1.82, 2.24) is 18.9 Å². The van der Waals surface area contributed by atoms with E-state index in [2.05, 4.69) is 0 Å². The summed E-state index contributed by atoms with van der Waals surface area (Å²) >= 11 is 0. The lowest BCUT2D eigenvalue weighted by atomic mass is 10.3. The SMILES string of the molecule is CCN1C(=O)/C(=C\C=CC=Cc2c(O)n(CC)c(=O)n2CC)N(CC)C1=O. The summed E-state index contributed by atoms with van der Waals surface area (Å²) in [6.07, 6.45) is 8.24. The topological polar surface area (TPSA) is 87.8 Å². The van der Waals surface area contributed by atoms with E-state index in [-0.39, 0.29) is 23.5 Å². The minimum atomic E-state index is -0.310. The highest BCUT2D eigenvalue weighted by molar-refractivity contribution is 6.11. The monoisotopic (exact) mass is 374 g/mol. The van der Waals surface area contributed by atoms with Gasteiger partial charge in [0.25, 0.3) is 5.91 Å². The van der Waals surface area contributed by atoms with Crippen molar-refractivity contribution in [2.75, 3.05) is 13.1 Å². The highest BCUT2D eigenvalue weighted by Gasteiger charge is 2.38. The molecule has 3 amide bonds. The number of carbonyl (C=O) groups excluding carboxylic acids is 2. The number of aromatic hydroxyl groups is 1. The molecule has 1 aromatic rings. The first kappa shape index (κ1) is 20.3. The minimum Gasteiger partial charge on any atom is -0.493 e. The lowest BCUT2D eigenvalue weighted by molar-refractivity contribution is -0.122. The summed E-state index contributed by atoms with van der Waals surface area (Å²) in [5.41, 5.74) is 0.511. The van der Waals surface area contributed by atoms with Crippen LogP contribution in [0, 0.1) is 0 Å². The van der Waals surface area contributed by atoms with E-state index < -0.39 is 0 Å². The molecule has 0 saturated carbocycles. The second-order valence-electron chi connectivity index (χ2n) is 5.85. The Kier molecular flexibility index (Phi) is 6.44. The lowest BCUT2D eigenvalue weighted by Crippen LogP contribution is -2.32. The Hall–Kier alpha value is -3.03. The Morgan fingerprint density at radius 2 is 1.44 bits per heavy atom. The Morgan fingerprint density at radius 3 is 2.00 bits per heavy atom. The Bertz CT molecular complexity index is 873. The van der Waals surface area contributed by atoms with E-state index in [4.69, 9.17) is 0 Å². The van der Waals surface area contributed by atoms with Gasteiger partial charge in [-0.3, -0.25) is 23.7 Å². The summed E-state index contributed by atoms with van der Waals surface area (Å²) in [5.74, 6) is -0.380. The Balaban J connectivity index is 2.23. The van der Waals surface area contributed by atoms with Crippen LogP contribution in [0.4, 0.5) is 4.79 Å². The molecule has 1 aromatic heterocycles. The average molecular weight is 374 g/mol. The number of nitrogens with zero attached hydrogens (tertiary/aromatic N) is 4. The zero-order valence-electron chi connectivity index (χ0n) is 16.2. The van der Waals surface area contributed by atoms with Gasteiger partial charge in [-0.05, 0) is 39.8 Å². The highest BCUT2D eigenvalue weighted by atomic mass is 16.3. The van der Waals surface area contributed by atoms with Crippen LogP contribution in [-0.4, -0.2) is 49.1 Å². The number of allylic oxidation sites excluding steroid dienone is 4. The van der Waals surface area contributed by atoms with Crippen molar-refractivity contribution in [3.05, 3.63) is 46.2 Å². The van der Waals surface area contributed by atoms with Crippen LogP contribution < -0.4 is 5.69 Å². The molecule has 8 heteroatoms. The first-order valence-electron chi connectivity index (χ1n) is 9.13. The lowest BCUT2D eigenvalue weighted by Gasteiger charge is -2.13. The third-order valence-corrected chi connectivity index (χ3v) is 4.45. The van der Waals surface area contributed by atoms with Gasteiger partial charge in [0.05, 0.1) is 0 Å². The zero-order valence-corrected chi connectivity index (χ0v) is 16.2. The van der Waals surface area contributed by atoms with E-state index in [0.717, 1.165) is 0 Å². The molecule has 1 saturated heterocycles. The molecule has 27 heavy (non-hydrogen) atoms. The fraction of sp³-hybridized carbons (Fsp3) is 0.421. The van der Waals surface area contributed by atoms with Gasteiger partial charge in [0.1, 0.15) is 11.4 Å². The van der Waals surface area contributed by atoms with E-state index >= 15 is 0 Å². The van der Waals surface area contributed by atoms with Crippen molar-refractivity contribution in [1.29, 1.82) is 0 Å². The quantitative estimate of drug-likeness (QED) is 0.450. The average Bonchev–Trinajstić information content (AvgIpc) is 3.03. The van der Waals surface area contributed by atoms with Crippen LogP contribution >= 0.6 is 0 Å². The molecule has 0 atom stereocenters. The maximum absolute atomic E-state index is 12.3. The predicted octanol–water partition coefficient (Wildman–Crippen LogP) is 2.15. The van der Waals surface area contributed by atoms with Gasteiger partial charge in [0, 0.05) is 26.2 Å². The molecule has 1 N–H and O–H groups in total. The summed E-state index contributed by atoms with van der Waals surface area (Å²) in [7, 11) is 0. The van der Waals surface area contributed by atoms with E-state index in [1.54, 1.807) is 44.2 Å². The fourth-order valence-electron chi connectivity index (χ4n) is 3.05. The minimum absolute atomic E-state index is 0.0698. The van der Waals surface area contributed by atoms with Crippen LogP contribution in [0.15, 0.2) is 34.8 Å². The number of carbonyl (C=O) groups is 2. The molecule has 1 aliphatic rings. The second-order valence-corrected chi connectivity index (χ2v) is 5.85. The predicted molar refractivity (Wildman–Crippen MR) is 103 cm³/mol. The number of aromatic nitrogens is 2. The molecule has 0 spiro atoms. The molecule has 1 aliphatic heterocycles. The normalized spacial score (nSPS) is 16.8. The number of hydrogen-bond acceptors (Lipinski definition) is 4. The smallest absolute Gasteiger partial charge is 0.331 e. The van der Waals surface area contributed by atoms with Crippen LogP contribution in [-0.2, 0) is 17.9 Å². The maximum Gasteiger partial charge on any atom is 0.331 e. The van der Waals surface area contributed by atoms with Gasteiger partial charge >= 0.3 is 11.7 Å².